The molecule has 5 nitrogen and oxygen atoms in total. The molecule has 21 heavy (non-hydrogen) atoms. The van der Waals surface area contributed by atoms with E-state index >= 15 is 0 Å². The highest BCUT2D eigenvalue weighted by Gasteiger charge is 2.26. The van der Waals surface area contributed by atoms with Gasteiger partial charge in [0, 0.05) is 29.5 Å². The Morgan fingerprint density at radius 3 is 2.76 bits per heavy atom. The third-order valence-electron chi connectivity index (χ3n) is 3.00. The van der Waals surface area contributed by atoms with Crippen LogP contribution >= 0.6 is 15.9 Å². The van der Waals surface area contributed by atoms with Gasteiger partial charge in [0.25, 0.3) is 0 Å². The summed E-state index contributed by atoms with van der Waals surface area (Å²) in [5.41, 5.74) is -0.167. The number of nitrogens with one attached hydrogen (secondary N) is 2. The van der Waals surface area contributed by atoms with E-state index in [1.807, 2.05) is 0 Å². The summed E-state index contributed by atoms with van der Waals surface area (Å²) in [5.74, 6) is -2.30. The number of carbonyl (C=O) groups is 1. The van der Waals surface area contributed by atoms with Crippen molar-refractivity contribution in [2.24, 2.45) is 0 Å². The summed E-state index contributed by atoms with van der Waals surface area (Å²) >= 11 is 2.96. The van der Waals surface area contributed by atoms with Crippen LogP contribution in [-0.2, 0) is 14.6 Å². The predicted octanol–water partition coefficient (Wildman–Crippen LogP) is 1.44. The summed E-state index contributed by atoms with van der Waals surface area (Å²) in [6.45, 7) is 0.287. The molecule has 9 heteroatoms. The normalized spacial score (nSPS) is 21.0. The minimum absolute atomic E-state index is 0.0449. The van der Waals surface area contributed by atoms with E-state index in [-0.39, 0.29) is 34.6 Å². The Bertz CT molecular complexity index is 643. The molecule has 1 fully saturated rings. The van der Waals surface area contributed by atoms with Crippen molar-refractivity contribution >= 4 is 37.4 Å². The highest BCUT2D eigenvalue weighted by molar-refractivity contribution is 9.10. The number of sulfone groups is 1. The van der Waals surface area contributed by atoms with E-state index < -0.39 is 33.4 Å². The molecule has 0 bridgehead atoms. The average molecular weight is 383 g/mol. The van der Waals surface area contributed by atoms with E-state index in [1.54, 1.807) is 0 Å². The number of anilines is 1. The van der Waals surface area contributed by atoms with Crippen LogP contribution in [0.25, 0.3) is 0 Å². The van der Waals surface area contributed by atoms with E-state index in [0.29, 0.717) is 6.07 Å². The maximum Gasteiger partial charge on any atom is 0.226 e. The zero-order valence-corrected chi connectivity index (χ0v) is 13.2. The average Bonchev–Trinajstić information content (AvgIpc) is 2.32. The van der Waals surface area contributed by atoms with Crippen molar-refractivity contribution in [2.75, 3.05) is 23.4 Å². The lowest BCUT2D eigenvalue weighted by atomic mass is 10.2. The third kappa shape index (κ3) is 4.45. The SMILES string of the molecule is O=C(CC1CS(=O)(=O)CCN1)Nc1c(F)cc(F)cc1Br. The first-order valence-electron chi connectivity index (χ1n) is 6.15. The predicted molar refractivity (Wildman–Crippen MR) is 77.7 cm³/mol. The fourth-order valence-electron chi connectivity index (χ4n) is 2.07. The number of halogens is 3. The largest absolute Gasteiger partial charge is 0.323 e. The smallest absolute Gasteiger partial charge is 0.226 e. The van der Waals surface area contributed by atoms with Crippen molar-refractivity contribution in [2.45, 2.75) is 12.5 Å². The summed E-state index contributed by atoms with van der Waals surface area (Å²) in [4.78, 5) is 11.9. The Morgan fingerprint density at radius 2 is 2.14 bits per heavy atom. The fourth-order valence-corrected chi connectivity index (χ4v) is 4.03. The Kier molecular flexibility index (Phi) is 4.95. The molecular weight excluding hydrogens is 370 g/mol. The van der Waals surface area contributed by atoms with Gasteiger partial charge in [0.2, 0.25) is 5.91 Å². The second-order valence-corrected chi connectivity index (χ2v) is 7.85. The number of carbonyl (C=O) groups excluding carboxylic acids is 1. The zero-order valence-electron chi connectivity index (χ0n) is 10.8. The van der Waals surface area contributed by atoms with Crippen LogP contribution in [0.2, 0.25) is 0 Å². The first kappa shape index (κ1) is 16.3. The van der Waals surface area contributed by atoms with Gasteiger partial charge in [-0.05, 0) is 22.0 Å². The van der Waals surface area contributed by atoms with Crippen molar-refractivity contribution in [1.29, 1.82) is 0 Å². The second-order valence-electron chi connectivity index (χ2n) is 4.76. The van der Waals surface area contributed by atoms with E-state index in [1.165, 1.54) is 0 Å². The molecule has 0 aliphatic carbocycles. The summed E-state index contributed by atoms with van der Waals surface area (Å²) in [6, 6.07) is 1.18. The maximum absolute atomic E-state index is 13.6. The van der Waals surface area contributed by atoms with Crippen LogP contribution in [-0.4, -0.2) is 38.4 Å². The maximum atomic E-state index is 13.6. The van der Waals surface area contributed by atoms with Gasteiger partial charge in [0.05, 0.1) is 17.2 Å². The van der Waals surface area contributed by atoms with Crippen LogP contribution in [0.3, 0.4) is 0 Å². The van der Waals surface area contributed by atoms with E-state index in [2.05, 4.69) is 26.6 Å². The van der Waals surface area contributed by atoms with Gasteiger partial charge >= 0.3 is 0 Å². The number of amides is 1. The molecule has 1 atom stereocenters. The molecule has 1 aliphatic heterocycles. The van der Waals surface area contributed by atoms with Crippen molar-refractivity contribution in [1.82, 2.24) is 5.32 Å². The summed E-state index contributed by atoms with van der Waals surface area (Å²) in [5, 5.41) is 5.24. The molecule has 1 aromatic carbocycles. The number of rotatable bonds is 3. The van der Waals surface area contributed by atoms with Gasteiger partial charge in [-0.25, -0.2) is 17.2 Å². The minimum atomic E-state index is -3.15. The van der Waals surface area contributed by atoms with Gasteiger partial charge < -0.3 is 10.6 Å². The third-order valence-corrected chi connectivity index (χ3v) is 5.37. The molecule has 0 saturated carbocycles. The van der Waals surface area contributed by atoms with Gasteiger partial charge in [-0.1, -0.05) is 0 Å². The molecule has 0 spiro atoms. The monoisotopic (exact) mass is 382 g/mol. The molecule has 1 amide bonds. The Hall–Kier alpha value is -1.06. The topological polar surface area (TPSA) is 75.3 Å². The van der Waals surface area contributed by atoms with Gasteiger partial charge in [-0.3, -0.25) is 4.79 Å². The molecule has 116 valence electrons. The first-order valence-corrected chi connectivity index (χ1v) is 8.76. The lowest BCUT2D eigenvalue weighted by molar-refractivity contribution is -0.116. The van der Waals surface area contributed by atoms with Crippen LogP contribution in [0.1, 0.15) is 6.42 Å². The second kappa shape index (κ2) is 6.37. The molecule has 0 radical (unpaired) electrons. The van der Waals surface area contributed by atoms with Gasteiger partial charge in [0.1, 0.15) is 5.82 Å². The molecule has 1 aliphatic rings. The zero-order chi connectivity index (χ0) is 15.6. The number of hydrogen-bond donors (Lipinski definition) is 2. The van der Waals surface area contributed by atoms with Crippen molar-refractivity contribution in [3.63, 3.8) is 0 Å². The molecule has 0 aromatic heterocycles. The van der Waals surface area contributed by atoms with Crippen molar-refractivity contribution in [3.8, 4) is 0 Å². The van der Waals surface area contributed by atoms with E-state index in [4.69, 9.17) is 0 Å². The molecule has 2 rings (SSSR count). The van der Waals surface area contributed by atoms with E-state index in [9.17, 15) is 22.0 Å². The Labute approximate surface area is 129 Å². The van der Waals surface area contributed by atoms with Crippen LogP contribution in [0.5, 0.6) is 0 Å². The summed E-state index contributed by atoms with van der Waals surface area (Å²) in [6.07, 6.45) is -0.109. The van der Waals surface area contributed by atoms with Crippen LogP contribution in [0.15, 0.2) is 16.6 Å². The fraction of sp³-hybridized carbons (Fsp3) is 0.417. The number of hydrogen-bond acceptors (Lipinski definition) is 4. The van der Waals surface area contributed by atoms with Gasteiger partial charge in [-0.2, -0.15) is 0 Å². The summed E-state index contributed by atoms with van der Waals surface area (Å²) in [7, 11) is -3.15. The highest BCUT2D eigenvalue weighted by Crippen LogP contribution is 2.27. The summed E-state index contributed by atoms with van der Waals surface area (Å²) < 4.78 is 49.5. The first-order chi connectivity index (χ1) is 9.77. The van der Waals surface area contributed by atoms with Crippen molar-refractivity contribution in [3.05, 3.63) is 28.2 Å². The molecule has 1 unspecified atom stereocenters. The van der Waals surface area contributed by atoms with Crippen LogP contribution in [0, 0.1) is 11.6 Å². The molecular formula is C12H13BrF2N2O3S. The van der Waals surface area contributed by atoms with E-state index in [0.717, 1.165) is 6.07 Å². The Balaban J connectivity index is 2.02. The number of benzene rings is 1. The van der Waals surface area contributed by atoms with Gasteiger partial charge in [-0.15, -0.1) is 0 Å². The molecule has 1 aromatic rings. The molecule has 2 N–H and O–H groups in total. The quantitative estimate of drug-likeness (QED) is 0.829. The molecule has 1 saturated heterocycles. The molecule has 1 heterocycles. The minimum Gasteiger partial charge on any atom is -0.323 e. The lowest BCUT2D eigenvalue weighted by Crippen LogP contribution is -2.46. The van der Waals surface area contributed by atoms with Crippen LogP contribution < -0.4 is 10.6 Å². The Morgan fingerprint density at radius 1 is 1.43 bits per heavy atom. The highest BCUT2D eigenvalue weighted by atomic mass is 79.9. The lowest BCUT2D eigenvalue weighted by Gasteiger charge is -2.23. The van der Waals surface area contributed by atoms with Crippen molar-refractivity contribution < 1.29 is 22.0 Å². The standard InChI is InChI=1S/C12H13BrF2N2O3S/c13-9-3-7(14)4-10(15)12(9)17-11(18)5-8-6-21(19,20)2-1-16-8/h3-4,8,16H,1-2,5-6H2,(H,17,18). The van der Waals surface area contributed by atoms with Gasteiger partial charge in [0.15, 0.2) is 15.7 Å². The van der Waals surface area contributed by atoms with Crippen LogP contribution in [0.4, 0.5) is 14.5 Å².